The van der Waals surface area contributed by atoms with E-state index in [1.807, 2.05) is 0 Å². The molecule has 2 aromatic rings. The van der Waals surface area contributed by atoms with Crippen molar-refractivity contribution in [1.82, 2.24) is 15.0 Å². The van der Waals surface area contributed by atoms with Crippen LogP contribution in [0.5, 0.6) is 6.01 Å². The largest absolute Gasteiger partial charge is 0.467 e. The number of fused-ring (bicyclic) bond motifs is 1. The number of unbranched alkanes of at least 4 members (excludes halogenated alkanes) is 1. The topological polar surface area (TPSA) is 94.1 Å². The summed E-state index contributed by atoms with van der Waals surface area (Å²) in [6.07, 6.45) is 10.5. The molecule has 3 heterocycles. The van der Waals surface area contributed by atoms with E-state index >= 15 is 0 Å². The average molecular weight is 425 g/mol. The van der Waals surface area contributed by atoms with Crippen LogP contribution >= 0.6 is 0 Å². The first-order valence-electron chi connectivity index (χ1n) is 11.1. The Labute approximate surface area is 184 Å². The number of aryl methyl sites for hydroxylation is 2. The number of anilines is 1. The standard InChI is InChI=1S/C24H32N4O3/c1-17(29)13-19(20-15-26-24(31-2)27-16-20)14-22(30)9-4-3-8-21-11-10-18-7-5-6-12-25-23(18)28-21/h10-11,15-16,19H,3-9,12-14H2,1-2H3,(H,25,28)/t19-/m1/s1. The van der Waals surface area contributed by atoms with Crippen LogP contribution in [0.25, 0.3) is 0 Å². The third kappa shape index (κ3) is 7.12. The molecule has 0 spiro atoms. The summed E-state index contributed by atoms with van der Waals surface area (Å²) in [5.74, 6) is 1.06. The van der Waals surface area contributed by atoms with Crippen molar-refractivity contribution >= 4 is 17.4 Å². The number of rotatable bonds is 11. The van der Waals surface area contributed by atoms with Gasteiger partial charge < -0.3 is 14.8 Å². The number of nitrogens with zero attached hydrogens (tertiary/aromatic N) is 3. The molecule has 1 aliphatic rings. The summed E-state index contributed by atoms with van der Waals surface area (Å²) in [4.78, 5) is 37.2. The van der Waals surface area contributed by atoms with E-state index in [1.165, 1.54) is 25.5 Å². The number of ketones is 2. The zero-order valence-electron chi connectivity index (χ0n) is 18.5. The third-order valence-electron chi connectivity index (χ3n) is 5.65. The summed E-state index contributed by atoms with van der Waals surface area (Å²) in [6.45, 7) is 2.53. The lowest BCUT2D eigenvalue weighted by atomic mass is 9.90. The van der Waals surface area contributed by atoms with Gasteiger partial charge in [-0.25, -0.2) is 15.0 Å². The molecule has 0 fully saturated rings. The molecule has 7 nitrogen and oxygen atoms in total. The smallest absolute Gasteiger partial charge is 0.316 e. The molecule has 1 atom stereocenters. The molecule has 7 heteroatoms. The van der Waals surface area contributed by atoms with Gasteiger partial charge in [0.1, 0.15) is 17.4 Å². The Kier molecular flexibility index (Phi) is 8.50. The predicted molar refractivity (Wildman–Crippen MR) is 119 cm³/mol. The number of aromatic nitrogens is 3. The second-order valence-corrected chi connectivity index (χ2v) is 8.25. The van der Waals surface area contributed by atoms with Gasteiger partial charge in [0.25, 0.3) is 0 Å². The van der Waals surface area contributed by atoms with Crippen LogP contribution in [0.1, 0.15) is 74.6 Å². The fourth-order valence-electron chi connectivity index (χ4n) is 3.97. The Hall–Kier alpha value is -2.83. The number of carbonyl (C=O) groups is 2. The zero-order chi connectivity index (χ0) is 22.1. The molecule has 0 saturated heterocycles. The minimum absolute atomic E-state index is 0.0523. The van der Waals surface area contributed by atoms with Gasteiger partial charge >= 0.3 is 6.01 Å². The van der Waals surface area contributed by atoms with E-state index < -0.39 is 0 Å². The van der Waals surface area contributed by atoms with E-state index in [4.69, 9.17) is 9.72 Å². The molecule has 0 radical (unpaired) electrons. The SMILES string of the molecule is COc1ncc([C@H](CC(C)=O)CC(=O)CCCCc2ccc3c(n2)NCCCC3)cn1. The summed E-state index contributed by atoms with van der Waals surface area (Å²) >= 11 is 0. The van der Waals surface area contributed by atoms with Gasteiger partial charge in [-0.1, -0.05) is 6.07 Å². The Bertz CT molecular complexity index is 883. The van der Waals surface area contributed by atoms with Crippen LogP contribution in [0.3, 0.4) is 0 Å². The van der Waals surface area contributed by atoms with Gasteiger partial charge in [-0.2, -0.15) is 0 Å². The van der Waals surface area contributed by atoms with Gasteiger partial charge in [-0.15, -0.1) is 0 Å². The van der Waals surface area contributed by atoms with Crippen molar-refractivity contribution in [3.63, 3.8) is 0 Å². The van der Waals surface area contributed by atoms with E-state index in [1.54, 1.807) is 19.3 Å². The maximum Gasteiger partial charge on any atom is 0.316 e. The van der Waals surface area contributed by atoms with Crippen LogP contribution in [0, 0.1) is 0 Å². The van der Waals surface area contributed by atoms with Crippen molar-refractivity contribution in [1.29, 1.82) is 0 Å². The lowest BCUT2D eigenvalue weighted by Crippen LogP contribution is -2.11. The molecule has 3 rings (SSSR count). The molecule has 0 aromatic carbocycles. The van der Waals surface area contributed by atoms with Crippen LogP contribution < -0.4 is 10.1 Å². The van der Waals surface area contributed by atoms with Gasteiger partial charge in [0.15, 0.2) is 0 Å². The molecule has 1 aliphatic heterocycles. The minimum Gasteiger partial charge on any atom is -0.467 e. The summed E-state index contributed by atoms with van der Waals surface area (Å²) < 4.78 is 4.98. The lowest BCUT2D eigenvalue weighted by Gasteiger charge is -2.15. The molecule has 0 unspecified atom stereocenters. The quantitative estimate of drug-likeness (QED) is 0.544. The van der Waals surface area contributed by atoms with Crippen molar-refractivity contribution in [3.8, 4) is 6.01 Å². The van der Waals surface area contributed by atoms with Crippen molar-refractivity contribution in [3.05, 3.63) is 41.3 Å². The fraction of sp³-hybridized carbons (Fsp3) is 0.542. The van der Waals surface area contributed by atoms with Gasteiger partial charge in [-0.3, -0.25) is 4.79 Å². The number of Topliss-reactive ketones (excluding diaryl/α,β-unsaturated/α-hetero) is 2. The maximum absolute atomic E-state index is 12.6. The third-order valence-corrected chi connectivity index (χ3v) is 5.65. The number of ether oxygens (including phenoxy) is 1. The van der Waals surface area contributed by atoms with Crippen LogP contribution in [0.2, 0.25) is 0 Å². The second-order valence-electron chi connectivity index (χ2n) is 8.25. The summed E-state index contributed by atoms with van der Waals surface area (Å²) in [5.41, 5.74) is 3.17. The highest BCUT2D eigenvalue weighted by Gasteiger charge is 2.19. The Morgan fingerprint density at radius 3 is 2.68 bits per heavy atom. The predicted octanol–water partition coefficient (Wildman–Crippen LogP) is 4.06. The number of carbonyl (C=O) groups excluding carboxylic acids is 2. The van der Waals surface area contributed by atoms with E-state index in [0.29, 0.717) is 19.3 Å². The number of pyridine rings is 1. The van der Waals surface area contributed by atoms with Gasteiger partial charge in [0.2, 0.25) is 0 Å². The van der Waals surface area contributed by atoms with Crippen molar-refractivity contribution in [2.24, 2.45) is 0 Å². The van der Waals surface area contributed by atoms with Gasteiger partial charge in [0, 0.05) is 49.8 Å². The molecular weight excluding hydrogens is 392 g/mol. The highest BCUT2D eigenvalue weighted by molar-refractivity contribution is 5.81. The Morgan fingerprint density at radius 2 is 1.94 bits per heavy atom. The van der Waals surface area contributed by atoms with E-state index in [0.717, 1.165) is 49.3 Å². The molecule has 2 aromatic heterocycles. The molecular formula is C24H32N4O3. The number of nitrogens with one attached hydrogen (secondary N) is 1. The van der Waals surface area contributed by atoms with E-state index in [2.05, 4.69) is 27.4 Å². The average Bonchev–Trinajstić information content (AvgIpc) is 3.01. The van der Waals surface area contributed by atoms with Crippen LogP contribution in [-0.2, 0) is 22.4 Å². The fourth-order valence-corrected chi connectivity index (χ4v) is 3.97. The summed E-state index contributed by atoms with van der Waals surface area (Å²) in [5, 5.41) is 3.42. The summed E-state index contributed by atoms with van der Waals surface area (Å²) in [7, 11) is 1.50. The molecule has 1 N–H and O–H groups in total. The second kappa shape index (κ2) is 11.5. The number of hydrogen-bond acceptors (Lipinski definition) is 7. The molecule has 0 amide bonds. The minimum atomic E-state index is -0.187. The molecule has 0 bridgehead atoms. The molecule has 0 aliphatic carbocycles. The lowest BCUT2D eigenvalue weighted by molar-refractivity contribution is -0.120. The van der Waals surface area contributed by atoms with Crippen molar-refractivity contribution in [2.75, 3.05) is 19.0 Å². The maximum atomic E-state index is 12.6. The monoisotopic (exact) mass is 424 g/mol. The normalized spacial score (nSPS) is 14.1. The van der Waals surface area contributed by atoms with Gasteiger partial charge in [-0.05, 0) is 62.6 Å². The summed E-state index contributed by atoms with van der Waals surface area (Å²) in [6, 6.07) is 4.57. The van der Waals surface area contributed by atoms with Crippen molar-refractivity contribution < 1.29 is 14.3 Å². The Morgan fingerprint density at radius 1 is 1.13 bits per heavy atom. The highest BCUT2D eigenvalue weighted by atomic mass is 16.5. The first-order chi connectivity index (χ1) is 15.0. The van der Waals surface area contributed by atoms with Crippen LogP contribution in [0.4, 0.5) is 5.82 Å². The number of methoxy groups -OCH3 is 1. The Balaban J connectivity index is 1.47. The van der Waals surface area contributed by atoms with E-state index in [-0.39, 0.29) is 23.5 Å². The molecule has 31 heavy (non-hydrogen) atoms. The first kappa shape index (κ1) is 22.8. The van der Waals surface area contributed by atoms with Gasteiger partial charge in [0.05, 0.1) is 7.11 Å². The zero-order valence-corrected chi connectivity index (χ0v) is 18.5. The van der Waals surface area contributed by atoms with Crippen LogP contribution in [-0.4, -0.2) is 40.2 Å². The van der Waals surface area contributed by atoms with Crippen molar-refractivity contribution in [2.45, 2.75) is 70.6 Å². The molecule has 166 valence electrons. The first-order valence-corrected chi connectivity index (χ1v) is 11.1. The highest BCUT2D eigenvalue weighted by Crippen LogP contribution is 2.25. The number of hydrogen-bond donors (Lipinski definition) is 1. The molecule has 0 saturated carbocycles. The van der Waals surface area contributed by atoms with E-state index in [9.17, 15) is 9.59 Å². The van der Waals surface area contributed by atoms with Crippen LogP contribution in [0.15, 0.2) is 24.5 Å².